The van der Waals surface area contributed by atoms with Crippen LogP contribution in [0.1, 0.15) is 36.5 Å². The van der Waals surface area contributed by atoms with Gasteiger partial charge >= 0.3 is 5.97 Å². The van der Waals surface area contributed by atoms with Gasteiger partial charge in [0.1, 0.15) is 0 Å². The number of carboxylic acids is 1. The van der Waals surface area contributed by atoms with E-state index in [-0.39, 0.29) is 5.69 Å². The Bertz CT molecular complexity index is 349. The summed E-state index contributed by atoms with van der Waals surface area (Å²) in [6, 6.07) is 0. The van der Waals surface area contributed by atoms with E-state index in [2.05, 4.69) is 10.3 Å². The molecule has 0 aliphatic heterocycles. The van der Waals surface area contributed by atoms with Gasteiger partial charge in [0.2, 0.25) is 0 Å². The fourth-order valence-corrected chi connectivity index (χ4v) is 1.43. The largest absolute Gasteiger partial charge is 0.476 e. The molecule has 6 nitrogen and oxygen atoms in total. The quantitative estimate of drug-likeness (QED) is 0.702. The summed E-state index contributed by atoms with van der Waals surface area (Å²) in [5, 5.41) is 16.3. The van der Waals surface area contributed by atoms with Gasteiger partial charge in [0, 0.05) is 6.61 Å². The maximum atomic E-state index is 10.8. The molecule has 0 saturated heterocycles. The first kappa shape index (κ1) is 12.6. The third-order valence-corrected chi connectivity index (χ3v) is 2.17. The molecular weight excluding hydrogens is 210 g/mol. The van der Waals surface area contributed by atoms with Gasteiger partial charge in [-0.05, 0) is 12.8 Å². The smallest absolute Gasteiger partial charge is 0.358 e. The van der Waals surface area contributed by atoms with Gasteiger partial charge in [-0.15, -0.1) is 5.10 Å². The van der Waals surface area contributed by atoms with Crippen molar-refractivity contribution in [3.63, 3.8) is 0 Å². The van der Waals surface area contributed by atoms with Gasteiger partial charge in [-0.3, -0.25) is 0 Å². The molecule has 0 aromatic carbocycles. The molecule has 16 heavy (non-hydrogen) atoms. The standard InChI is InChI=1S/C10H17N3O3/c1-3-6-16-7-5-13-8(4-2)9(10(14)15)11-12-13/h3-7H2,1-2H3,(H,14,15). The lowest BCUT2D eigenvalue weighted by Gasteiger charge is -2.05. The number of rotatable bonds is 7. The van der Waals surface area contributed by atoms with Crippen LogP contribution in [0.5, 0.6) is 0 Å². The van der Waals surface area contributed by atoms with Gasteiger partial charge in [0.25, 0.3) is 0 Å². The van der Waals surface area contributed by atoms with Crippen molar-refractivity contribution in [2.45, 2.75) is 33.2 Å². The SMILES string of the molecule is CCCOCCn1nnc(C(=O)O)c1CC. The molecule has 1 aromatic heterocycles. The van der Waals surface area contributed by atoms with Crippen LogP contribution in [-0.4, -0.2) is 39.3 Å². The highest BCUT2D eigenvalue weighted by Crippen LogP contribution is 2.06. The lowest BCUT2D eigenvalue weighted by atomic mass is 10.2. The van der Waals surface area contributed by atoms with Gasteiger partial charge in [-0.25, -0.2) is 9.48 Å². The highest BCUT2D eigenvalue weighted by Gasteiger charge is 2.16. The molecule has 0 aliphatic carbocycles. The molecule has 0 amide bonds. The fourth-order valence-electron chi connectivity index (χ4n) is 1.43. The predicted molar refractivity (Wildman–Crippen MR) is 57.5 cm³/mol. The first-order valence-electron chi connectivity index (χ1n) is 5.44. The lowest BCUT2D eigenvalue weighted by molar-refractivity contribution is 0.0689. The Hall–Kier alpha value is -1.43. The van der Waals surface area contributed by atoms with E-state index in [1.165, 1.54) is 0 Å². The van der Waals surface area contributed by atoms with Crippen LogP contribution in [0, 0.1) is 0 Å². The number of aromatic nitrogens is 3. The molecular formula is C10H17N3O3. The minimum atomic E-state index is -1.03. The molecule has 0 atom stereocenters. The van der Waals surface area contributed by atoms with E-state index in [4.69, 9.17) is 9.84 Å². The zero-order valence-electron chi connectivity index (χ0n) is 9.64. The van der Waals surface area contributed by atoms with Gasteiger partial charge in [0.15, 0.2) is 5.69 Å². The minimum absolute atomic E-state index is 0.0398. The normalized spacial score (nSPS) is 10.6. The van der Waals surface area contributed by atoms with E-state index < -0.39 is 5.97 Å². The van der Waals surface area contributed by atoms with Crippen molar-refractivity contribution in [3.8, 4) is 0 Å². The highest BCUT2D eigenvalue weighted by atomic mass is 16.5. The Labute approximate surface area is 94.2 Å². The second-order valence-electron chi connectivity index (χ2n) is 3.38. The third-order valence-electron chi connectivity index (χ3n) is 2.17. The van der Waals surface area contributed by atoms with Crippen LogP contribution in [0.3, 0.4) is 0 Å². The summed E-state index contributed by atoms with van der Waals surface area (Å²) in [5.74, 6) is -1.03. The first-order valence-corrected chi connectivity index (χ1v) is 5.44. The Morgan fingerprint density at radius 2 is 2.19 bits per heavy atom. The van der Waals surface area contributed by atoms with Gasteiger partial charge in [0.05, 0.1) is 18.8 Å². The van der Waals surface area contributed by atoms with E-state index in [1.54, 1.807) is 4.68 Å². The molecule has 0 spiro atoms. The lowest BCUT2D eigenvalue weighted by Crippen LogP contribution is -2.12. The molecule has 0 fully saturated rings. The number of carbonyl (C=O) groups is 1. The summed E-state index contributed by atoms with van der Waals surface area (Å²) < 4.78 is 6.92. The number of hydrogen-bond acceptors (Lipinski definition) is 4. The molecule has 0 unspecified atom stereocenters. The molecule has 0 saturated carbocycles. The van der Waals surface area contributed by atoms with Crippen molar-refractivity contribution >= 4 is 5.97 Å². The fraction of sp³-hybridized carbons (Fsp3) is 0.700. The van der Waals surface area contributed by atoms with Crippen molar-refractivity contribution < 1.29 is 14.6 Å². The van der Waals surface area contributed by atoms with Crippen molar-refractivity contribution in [1.82, 2.24) is 15.0 Å². The van der Waals surface area contributed by atoms with Gasteiger partial charge in [-0.1, -0.05) is 19.1 Å². The summed E-state index contributed by atoms with van der Waals surface area (Å²) in [6.45, 7) is 5.71. The van der Waals surface area contributed by atoms with Crippen LogP contribution in [0.2, 0.25) is 0 Å². The Morgan fingerprint density at radius 1 is 1.44 bits per heavy atom. The predicted octanol–water partition coefficient (Wildman–Crippen LogP) is 0.965. The summed E-state index contributed by atoms with van der Waals surface area (Å²) in [6.07, 6.45) is 1.57. The maximum Gasteiger partial charge on any atom is 0.358 e. The van der Waals surface area contributed by atoms with Crippen LogP contribution in [0.15, 0.2) is 0 Å². The Kier molecular flexibility index (Phi) is 4.91. The van der Waals surface area contributed by atoms with Crippen LogP contribution in [0.25, 0.3) is 0 Å². The first-order chi connectivity index (χ1) is 7.70. The van der Waals surface area contributed by atoms with E-state index >= 15 is 0 Å². The average Bonchev–Trinajstić information content (AvgIpc) is 2.67. The molecule has 6 heteroatoms. The molecule has 1 heterocycles. The second kappa shape index (κ2) is 6.22. The monoisotopic (exact) mass is 227 g/mol. The molecule has 0 aliphatic rings. The molecule has 0 radical (unpaired) electrons. The maximum absolute atomic E-state index is 10.8. The Morgan fingerprint density at radius 3 is 2.75 bits per heavy atom. The number of aromatic carboxylic acids is 1. The zero-order chi connectivity index (χ0) is 12.0. The van der Waals surface area contributed by atoms with Crippen LogP contribution >= 0.6 is 0 Å². The number of nitrogens with zero attached hydrogens (tertiary/aromatic N) is 3. The van der Waals surface area contributed by atoms with Crippen LogP contribution in [-0.2, 0) is 17.7 Å². The van der Waals surface area contributed by atoms with Crippen molar-refractivity contribution in [2.24, 2.45) is 0 Å². The van der Waals surface area contributed by atoms with Crippen molar-refractivity contribution in [3.05, 3.63) is 11.4 Å². The van der Waals surface area contributed by atoms with Gasteiger partial charge < -0.3 is 9.84 Å². The molecule has 1 aromatic rings. The molecule has 0 bridgehead atoms. The summed E-state index contributed by atoms with van der Waals surface area (Å²) in [5.41, 5.74) is 0.686. The van der Waals surface area contributed by atoms with E-state index in [0.717, 1.165) is 6.42 Å². The minimum Gasteiger partial charge on any atom is -0.476 e. The molecule has 1 rings (SSSR count). The number of carboxylic acid groups (broad SMARTS) is 1. The Balaban J connectivity index is 2.62. The van der Waals surface area contributed by atoms with Gasteiger partial charge in [-0.2, -0.15) is 0 Å². The van der Waals surface area contributed by atoms with Crippen LogP contribution in [0.4, 0.5) is 0 Å². The molecule has 90 valence electrons. The summed E-state index contributed by atoms with van der Waals surface area (Å²) in [7, 11) is 0. The topological polar surface area (TPSA) is 77.2 Å². The third kappa shape index (κ3) is 3.03. The van der Waals surface area contributed by atoms with Crippen molar-refractivity contribution in [2.75, 3.05) is 13.2 Å². The second-order valence-corrected chi connectivity index (χ2v) is 3.38. The van der Waals surface area contributed by atoms with E-state index in [1.807, 2.05) is 13.8 Å². The number of ether oxygens (including phenoxy) is 1. The average molecular weight is 227 g/mol. The van der Waals surface area contributed by atoms with E-state index in [9.17, 15) is 4.79 Å². The van der Waals surface area contributed by atoms with Crippen LogP contribution < -0.4 is 0 Å². The number of hydrogen-bond donors (Lipinski definition) is 1. The van der Waals surface area contributed by atoms with E-state index in [0.29, 0.717) is 31.9 Å². The van der Waals surface area contributed by atoms with Crippen molar-refractivity contribution in [1.29, 1.82) is 0 Å². The summed E-state index contributed by atoms with van der Waals surface area (Å²) in [4.78, 5) is 10.8. The zero-order valence-corrected chi connectivity index (χ0v) is 9.64. The molecule has 1 N–H and O–H groups in total. The summed E-state index contributed by atoms with van der Waals surface area (Å²) >= 11 is 0. The highest BCUT2D eigenvalue weighted by molar-refractivity contribution is 5.86.